The number of amides is 1. The number of hydrogen-bond donors (Lipinski definition) is 1. The van der Waals surface area contributed by atoms with Crippen molar-refractivity contribution in [3.8, 4) is 0 Å². The monoisotopic (exact) mass is 246 g/mol. The standard InChI is InChI=1S/C14H18N2O2/c17-13-5-6-15-7-12(13)14(18)16(8-10-1-2-10)9-11-3-4-11/h5-7,10-11H,1-4,8-9H2,(H,15,17). The maximum atomic E-state index is 12.4. The fraction of sp³-hybridized carbons (Fsp3) is 0.571. The average molecular weight is 246 g/mol. The Hall–Kier alpha value is -1.58. The molecule has 0 spiro atoms. The number of rotatable bonds is 5. The second kappa shape index (κ2) is 4.59. The van der Waals surface area contributed by atoms with E-state index in [9.17, 15) is 9.59 Å². The number of aromatic amines is 1. The van der Waals surface area contributed by atoms with Crippen LogP contribution in [0.1, 0.15) is 36.0 Å². The third-order valence-corrected chi connectivity index (χ3v) is 3.69. The van der Waals surface area contributed by atoms with Crippen molar-refractivity contribution in [1.29, 1.82) is 0 Å². The normalized spacial score (nSPS) is 18.7. The second-order valence-electron chi connectivity index (χ2n) is 5.52. The minimum atomic E-state index is -0.185. The van der Waals surface area contributed by atoms with Gasteiger partial charge in [0.1, 0.15) is 5.56 Å². The number of H-pyrrole nitrogens is 1. The predicted octanol–water partition coefficient (Wildman–Crippen LogP) is 1.64. The fourth-order valence-electron chi connectivity index (χ4n) is 2.22. The van der Waals surface area contributed by atoms with Gasteiger partial charge in [0, 0.05) is 31.5 Å². The van der Waals surface area contributed by atoms with E-state index >= 15 is 0 Å². The van der Waals surface area contributed by atoms with Gasteiger partial charge in [-0.2, -0.15) is 0 Å². The first-order valence-electron chi connectivity index (χ1n) is 6.70. The zero-order chi connectivity index (χ0) is 12.5. The maximum absolute atomic E-state index is 12.4. The van der Waals surface area contributed by atoms with Crippen molar-refractivity contribution in [3.05, 3.63) is 34.2 Å². The molecule has 0 unspecified atom stereocenters. The molecule has 96 valence electrons. The summed E-state index contributed by atoms with van der Waals surface area (Å²) in [5.74, 6) is 1.22. The molecule has 1 aromatic heterocycles. The van der Waals surface area contributed by atoms with Crippen LogP contribution in [0.25, 0.3) is 0 Å². The van der Waals surface area contributed by atoms with Gasteiger partial charge >= 0.3 is 0 Å². The summed E-state index contributed by atoms with van der Waals surface area (Å²) >= 11 is 0. The van der Waals surface area contributed by atoms with E-state index in [1.807, 2.05) is 4.90 Å². The number of nitrogens with one attached hydrogen (secondary N) is 1. The zero-order valence-corrected chi connectivity index (χ0v) is 10.4. The maximum Gasteiger partial charge on any atom is 0.259 e. The Kier molecular flexibility index (Phi) is 2.94. The number of carbonyl (C=O) groups excluding carboxylic acids is 1. The van der Waals surface area contributed by atoms with Gasteiger partial charge in [0.25, 0.3) is 5.91 Å². The molecule has 0 radical (unpaired) electrons. The van der Waals surface area contributed by atoms with Gasteiger partial charge in [-0.3, -0.25) is 9.59 Å². The van der Waals surface area contributed by atoms with E-state index in [1.165, 1.54) is 37.9 Å². The lowest BCUT2D eigenvalue weighted by molar-refractivity contribution is 0.0738. The van der Waals surface area contributed by atoms with Crippen LogP contribution in [0.3, 0.4) is 0 Å². The van der Waals surface area contributed by atoms with Crippen molar-refractivity contribution in [2.24, 2.45) is 11.8 Å². The van der Waals surface area contributed by atoms with E-state index in [4.69, 9.17) is 0 Å². The van der Waals surface area contributed by atoms with Crippen LogP contribution in [0.2, 0.25) is 0 Å². The van der Waals surface area contributed by atoms with E-state index in [0.717, 1.165) is 13.1 Å². The van der Waals surface area contributed by atoms with Gasteiger partial charge in [0.05, 0.1) is 0 Å². The van der Waals surface area contributed by atoms with Crippen LogP contribution in [0, 0.1) is 11.8 Å². The molecule has 0 saturated heterocycles. The third-order valence-electron chi connectivity index (χ3n) is 3.69. The summed E-state index contributed by atoms with van der Waals surface area (Å²) in [6, 6.07) is 1.42. The highest BCUT2D eigenvalue weighted by Gasteiger charge is 2.32. The van der Waals surface area contributed by atoms with Gasteiger partial charge in [-0.1, -0.05) is 0 Å². The molecule has 0 bridgehead atoms. The van der Waals surface area contributed by atoms with Gasteiger partial charge in [-0.05, 0) is 37.5 Å². The summed E-state index contributed by atoms with van der Waals surface area (Å²) in [5.41, 5.74) is 0.0918. The smallest absolute Gasteiger partial charge is 0.259 e. The highest BCUT2D eigenvalue weighted by molar-refractivity contribution is 5.93. The largest absolute Gasteiger partial charge is 0.367 e. The van der Waals surface area contributed by atoms with E-state index in [-0.39, 0.29) is 16.9 Å². The van der Waals surface area contributed by atoms with Crippen LogP contribution in [-0.4, -0.2) is 28.9 Å². The van der Waals surface area contributed by atoms with E-state index in [2.05, 4.69) is 4.98 Å². The van der Waals surface area contributed by atoms with E-state index < -0.39 is 0 Å². The molecule has 4 heteroatoms. The lowest BCUT2D eigenvalue weighted by Gasteiger charge is -2.22. The molecule has 0 aliphatic heterocycles. The Labute approximate surface area is 106 Å². The van der Waals surface area contributed by atoms with Crippen molar-refractivity contribution >= 4 is 5.91 Å². The predicted molar refractivity (Wildman–Crippen MR) is 68.4 cm³/mol. The van der Waals surface area contributed by atoms with Gasteiger partial charge in [0.15, 0.2) is 5.43 Å². The molecule has 1 amide bonds. The molecule has 1 heterocycles. The molecule has 2 aliphatic carbocycles. The molecule has 18 heavy (non-hydrogen) atoms. The lowest BCUT2D eigenvalue weighted by atomic mass is 10.2. The topological polar surface area (TPSA) is 53.2 Å². The zero-order valence-electron chi connectivity index (χ0n) is 10.4. The van der Waals surface area contributed by atoms with E-state index in [1.54, 1.807) is 6.20 Å². The van der Waals surface area contributed by atoms with Crippen molar-refractivity contribution in [2.45, 2.75) is 25.7 Å². The lowest BCUT2D eigenvalue weighted by Crippen LogP contribution is -2.37. The molecular weight excluding hydrogens is 228 g/mol. The Morgan fingerprint density at radius 3 is 2.33 bits per heavy atom. The summed E-state index contributed by atoms with van der Waals surface area (Å²) in [7, 11) is 0. The van der Waals surface area contributed by atoms with Crippen LogP contribution in [-0.2, 0) is 0 Å². The van der Waals surface area contributed by atoms with Crippen LogP contribution in [0.5, 0.6) is 0 Å². The minimum Gasteiger partial charge on any atom is -0.367 e. The molecule has 1 aromatic rings. The third kappa shape index (κ3) is 2.63. The summed E-state index contributed by atoms with van der Waals surface area (Å²) < 4.78 is 0. The van der Waals surface area contributed by atoms with Crippen molar-refractivity contribution < 1.29 is 4.79 Å². The van der Waals surface area contributed by atoms with Gasteiger partial charge < -0.3 is 9.88 Å². The Balaban J connectivity index is 1.77. The highest BCUT2D eigenvalue weighted by Crippen LogP contribution is 2.34. The average Bonchev–Trinajstić information content (AvgIpc) is 3.23. The van der Waals surface area contributed by atoms with Crippen LogP contribution >= 0.6 is 0 Å². The first-order chi connectivity index (χ1) is 8.74. The molecule has 3 rings (SSSR count). The van der Waals surface area contributed by atoms with Crippen LogP contribution < -0.4 is 5.43 Å². The number of carbonyl (C=O) groups is 1. The summed E-state index contributed by atoms with van der Waals surface area (Å²) in [5, 5.41) is 0. The molecule has 2 saturated carbocycles. The second-order valence-corrected chi connectivity index (χ2v) is 5.52. The number of pyridine rings is 1. The van der Waals surface area contributed by atoms with Gasteiger partial charge in [-0.15, -0.1) is 0 Å². The number of hydrogen-bond acceptors (Lipinski definition) is 2. The van der Waals surface area contributed by atoms with Crippen molar-refractivity contribution in [3.63, 3.8) is 0 Å². The van der Waals surface area contributed by atoms with Crippen molar-refractivity contribution in [1.82, 2.24) is 9.88 Å². The molecule has 0 aromatic carbocycles. The summed E-state index contributed by atoms with van der Waals surface area (Å²) in [6.07, 6.45) is 7.97. The first-order valence-corrected chi connectivity index (χ1v) is 6.70. The summed E-state index contributed by atoms with van der Waals surface area (Å²) in [6.45, 7) is 1.65. The van der Waals surface area contributed by atoms with Crippen LogP contribution in [0.15, 0.2) is 23.3 Å². The van der Waals surface area contributed by atoms with Crippen molar-refractivity contribution in [2.75, 3.05) is 13.1 Å². The molecule has 2 fully saturated rings. The SMILES string of the molecule is O=C(c1c[nH]ccc1=O)N(CC1CC1)CC1CC1. The Morgan fingerprint density at radius 1 is 1.22 bits per heavy atom. The molecular formula is C14H18N2O2. The van der Waals surface area contributed by atoms with Gasteiger partial charge in [0.2, 0.25) is 0 Å². The first kappa shape index (κ1) is 11.5. The quantitative estimate of drug-likeness (QED) is 0.858. The van der Waals surface area contributed by atoms with Gasteiger partial charge in [-0.25, -0.2) is 0 Å². The minimum absolute atomic E-state index is 0.101. The Bertz CT molecular complexity index is 487. The van der Waals surface area contributed by atoms with Crippen LogP contribution in [0.4, 0.5) is 0 Å². The molecule has 2 aliphatic rings. The van der Waals surface area contributed by atoms with E-state index in [0.29, 0.717) is 11.8 Å². The summed E-state index contributed by atoms with van der Waals surface area (Å²) in [4.78, 5) is 28.8. The molecule has 0 atom stereocenters. The highest BCUT2D eigenvalue weighted by atomic mass is 16.2. The number of nitrogens with zero attached hydrogens (tertiary/aromatic N) is 1. The number of aromatic nitrogens is 1. The molecule has 1 N–H and O–H groups in total. The fourth-order valence-corrected chi connectivity index (χ4v) is 2.22. The molecule has 4 nitrogen and oxygen atoms in total. The Morgan fingerprint density at radius 2 is 1.83 bits per heavy atom.